The van der Waals surface area contributed by atoms with Crippen molar-refractivity contribution in [1.82, 2.24) is 25.0 Å². The van der Waals surface area contributed by atoms with E-state index in [4.69, 9.17) is 4.74 Å². The summed E-state index contributed by atoms with van der Waals surface area (Å²) in [5.41, 5.74) is 0. The largest absolute Gasteiger partial charge is 0.379 e. The van der Waals surface area contributed by atoms with E-state index in [0.717, 1.165) is 57.9 Å². The summed E-state index contributed by atoms with van der Waals surface area (Å²) in [5.74, 6) is 3.03. The number of morpholine rings is 1. The first-order valence-electron chi connectivity index (χ1n) is 8.81. The van der Waals surface area contributed by atoms with Crippen LogP contribution >= 0.6 is 0 Å². The van der Waals surface area contributed by atoms with Crippen molar-refractivity contribution in [2.45, 2.75) is 50.6 Å². The van der Waals surface area contributed by atoms with E-state index in [1.165, 1.54) is 18.7 Å². The molecule has 7 nitrogen and oxygen atoms in total. The molecule has 1 unspecified atom stereocenters. The average Bonchev–Trinajstić information content (AvgIpc) is 3.35. The monoisotopic (exact) mass is 319 g/mol. The van der Waals surface area contributed by atoms with E-state index in [-0.39, 0.29) is 11.9 Å². The summed E-state index contributed by atoms with van der Waals surface area (Å²) in [5, 5.41) is 11.9. The Morgan fingerprint density at radius 2 is 1.96 bits per heavy atom. The number of nitrogens with zero attached hydrogens (tertiary/aromatic N) is 4. The van der Waals surface area contributed by atoms with Gasteiger partial charge in [-0.25, -0.2) is 0 Å². The van der Waals surface area contributed by atoms with Crippen LogP contribution in [-0.2, 0) is 22.5 Å². The maximum absolute atomic E-state index is 12.3. The fourth-order valence-corrected chi connectivity index (χ4v) is 3.53. The lowest BCUT2D eigenvalue weighted by atomic mass is 10.1. The van der Waals surface area contributed by atoms with E-state index < -0.39 is 0 Å². The minimum absolute atomic E-state index is 0.136. The third kappa shape index (κ3) is 3.55. The summed E-state index contributed by atoms with van der Waals surface area (Å²) in [4.78, 5) is 14.4. The molecule has 1 aromatic heterocycles. The number of carbonyl (C=O) groups is 1. The highest BCUT2D eigenvalue weighted by atomic mass is 16.5. The second-order valence-corrected chi connectivity index (χ2v) is 6.88. The van der Waals surface area contributed by atoms with Crippen molar-refractivity contribution in [2.24, 2.45) is 0 Å². The summed E-state index contributed by atoms with van der Waals surface area (Å²) in [7, 11) is 0. The van der Waals surface area contributed by atoms with Crippen molar-refractivity contribution in [3.05, 3.63) is 11.6 Å². The molecular formula is C16H25N5O2. The highest BCUT2D eigenvalue weighted by molar-refractivity contribution is 5.78. The highest BCUT2D eigenvalue weighted by Crippen LogP contribution is 2.39. The zero-order chi connectivity index (χ0) is 15.6. The maximum atomic E-state index is 12.3. The Balaban J connectivity index is 1.30. The predicted octanol–water partition coefficient (Wildman–Crippen LogP) is 0.309. The van der Waals surface area contributed by atoms with Crippen LogP contribution in [0.4, 0.5) is 0 Å². The number of amides is 1. The molecule has 4 rings (SSSR count). The van der Waals surface area contributed by atoms with Crippen LogP contribution in [0, 0.1) is 0 Å². The van der Waals surface area contributed by atoms with Gasteiger partial charge in [0.1, 0.15) is 11.6 Å². The number of hydrogen-bond acceptors (Lipinski definition) is 5. The zero-order valence-electron chi connectivity index (χ0n) is 13.5. The molecule has 1 saturated heterocycles. The van der Waals surface area contributed by atoms with Crippen LogP contribution < -0.4 is 5.32 Å². The minimum atomic E-state index is 0.136. The fraction of sp³-hybridized carbons (Fsp3) is 0.812. The summed E-state index contributed by atoms with van der Waals surface area (Å²) in [6, 6.07) is 0.247. The quantitative estimate of drug-likeness (QED) is 0.865. The normalized spacial score (nSPS) is 25.7. The van der Waals surface area contributed by atoms with Gasteiger partial charge in [0.15, 0.2) is 0 Å². The van der Waals surface area contributed by atoms with Gasteiger partial charge in [-0.2, -0.15) is 0 Å². The van der Waals surface area contributed by atoms with Crippen LogP contribution in [0.2, 0.25) is 0 Å². The van der Waals surface area contributed by atoms with Crippen LogP contribution in [0.3, 0.4) is 0 Å². The molecule has 1 saturated carbocycles. The SMILES string of the molecule is O=C(CN1CCOCC1)NC1CCc2nnc(C3CC3)n2CC1. The Kier molecular flexibility index (Phi) is 4.31. The number of ether oxygens (including phenoxy) is 1. The first-order chi connectivity index (χ1) is 11.3. The summed E-state index contributed by atoms with van der Waals surface area (Å²) >= 11 is 0. The smallest absolute Gasteiger partial charge is 0.234 e. The molecule has 126 valence electrons. The van der Waals surface area contributed by atoms with Crippen LogP contribution in [0.25, 0.3) is 0 Å². The van der Waals surface area contributed by atoms with Gasteiger partial charge in [0.2, 0.25) is 5.91 Å². The Bertz CT molecular complexity index is 563. The van der Waals surface area contributed by atoms with Gasteiger partial charge in [0.25, 0.3) is 0 Å². The highest BCUT2D eigenvalue weighted by Gasteiger charge is 2.31. The Labute approximate surface area is 136 Å². The Hall–Kier alpha value is -1.47. The topological polar surface area (TPSA) is 72.3 Å². The number of nitrogens with one attached hydrogen (secondary N) is 1. The summed E-state index contributed by atoms with van der Waals surface area (Å²) < 4.78 is 7.62. The molecule has 23 heavy (non-hydrogen) atoms. The van der Waals surface area contributed by atoms with E-state index in [1.807, 2.05) is 0 Å². The maximum Gasteiger partial charge on any atom is 0.234 e. The Morgan fingerprint density at radius 3 is 2.74 bits per heavy atom. The molecule has 0 spiro atoms. The number of rotatable bonds is 4. The molecule has 2 fully saturated rings. The molecular weight excluding hydrogens is 294 g/mol. The average molecular weight is 319 g/mol. The fourth-order valence-electron chi connectivity index (χ4n) is 3.53. The van der Waals surface area contributed by atoms with E-state index in [1.54, 1.807) is 0 Å². The van der Waals surface area contributed by atoms with Gasteiger partial charge >= 0.3 is 0 Å². The predicted molar refractivity (Wildman–Crippen MR) is 84.1 cm³/mol. The van der Waals surface area contributed by atoms with Gasteiger partial charge in [-0.05, 0) is 25.7 Å². The zero-order valence-corrected chi connectivity index (χ0v) is 13.5. The van der Waals surface area contributed by atoms with Gasteiger partial charge in [0.05, 0.1) is 19.8 Å². The third-order valence-corrected chi connectivity index (χ3v) is 5.05. The Morgan fingerprint density at radius 1 is 1.13 bits per heavy atom. The van der Waals surface area contributed by atoms with Gasteiger partial charge in [-0.15, -0.1) is 10.2 Å². The number of hydrogen-bond donors (Lipinski definition) is 1. The van der Waals surface area contributed by atoms with Crippen LogP contribution in [0.5, 0.6) is 0 Å². The molecule has 1 aliphatic carbocycles. The van der Waals surface area contributed by atoms with Gasteiger partial charge in [0, 0.05) is 38.0 Å². The molecule has 1 amide bonds. The molecule has 3 heterocycles. The second-order valence-electron chi connectivity index (χ2n) is 6.88. The van der Waals surface area contributed by atoms with Crippen LogP contribution in [0.15, 0.2) is 0 Å². The molecule has 7 heteroatoms. The molecule has 2 aliphatic heterocycles. The van der Waals surface area contributed by atoms with Crippen LogP contribution in [0.1, 0.15) is 43.3 Å². The molecule has 3 aliphatic rings. The first-order valence-corrected chi connectivity index (χ1v) is 8.81. The molecule has 0 bridgehead atoms. The summed E-state index contributed by atoms with van der Waals surface area (Å²) in [6.07, 6.45) is 5.33. The lowest BCUT2D eigenvalue weighted by Gasteiger charge is -2.26. The van der Waals surface area contributed by atoms with Gasteiger partial charge in [-0.1, -0.05) is 0 Å². The summed E-state index contributed by atoms with van der Waals surface area (Å²) in [6.45, 7) is 4.58. The lowest BCUT2D eigenvalue weighted by Crippen LogP contribution is -2.45. The van der Waals surface area contributed by atoms with Crippen molar-refractivity contribution in [3.8, 4) is 0 Å². The van der Waals surface area contributed by atoms with E-state index in [9.17, 15) is 4.79 Å². The molecule has 0 aromatic carbocycles. The third-order valence-electron chi connectivity index (χ3n) is 5.05. The van der Waals surface area contributed by atoms with E-state index in [0.29, 0.717) is 12.5 Å². The van der Waals surface area contributed by atoms with Crippen molar-refractivity contribution in [2.75, 3.05) is 32.8 Å². The first kappa shape index (κ1) is 15.1. The molecule has 1 atom stereocenters. The minimum Gasteiger partial charge on any atom is -0.379 e. The molecule has 0 radical (unpaired) electrons. The van der Waals surface area contributed by atoms with Gasteiger partial charge in [-0.3, -0.25) is 9.69 Å². The van der Waals surface area contributed by atoms with Crippen molar-refractivity contribution in [3.63, 3.8) is 0 Å². The number of aromatic nitrogens is 3. The van der Waals surface area contributed by atoms with Gasteiger partial charge < -0.3 is 14.6 Å². The van der Waals surface area contributed by atoms with E-state index in [2.05, 4.69) is 25.0 Å². The number of aryl methyl sites for hydroxylation is 1. The number of fused-ring (bicyclic) bond motifs is 1. The molecule has 1 N–H and O–H groups in total. The standard InChI is InChI=1S/C16H25N5O2/c22-15(11-20-7-9-23-10-8-20)17-13-3-4-14-18-19-16(12-1-2-12)21(14)6-5-13/h12-13H,1-11H2,(H,17,22). The molecule has 1 aromatic rings. The van der Waals surface area contributed by atoms with E-state index >= 15 is 0 Å². The van der Waals surface area contributed by atoms with Crippen molar-refractivity contribution in [1.29, 1.82) is 0 Å². The number of carbonyl (C=O) groups excluding carboxylic acids is 1. The van der Waals surface area contributed by atoms with Crippen molar-refractivity contribution < 1.29 is 9.53 Å². The lowest BCUT2D eigenvalue weighted by molar-refractivity contribution is -0.124. The second kappa shape index (κ2) is 6.57. The van der Waals surface area contributed by atoms with Crippen LogP contribution in [-0.4, -0.2) is 64.5 Å². The van der Waals surface area contributed by atoms with Crippen molar-refractivity contribution >= 4 is 5.91 Å².